The highest BCUT2D eigenvalue weighted by molar-refractivity contribution is 7.92. The third-order valence-electron chi connectivity index (χ3n) is 4.06. The van der Waals surface area contributed by atoms with Crippen molar-refractivity contribution in [2.24, 2.45) is 11.8 Å². The standard InChI is InChI=1S/C15H19ClO4S/c1-9-5-10(2)7-12(6-9)21(19,20)14-8-11(15(17)18)3-4-13(14)16/h3-4,8-10,12H,5-7H2,1-2H3,(H,17,18). The van der Waals surface area contributed by atoms with E-state index in [1.165, 1.54) is 18.2 Å². The molecule has 0 spiro atoms. The first-order chi connectivity index (χ1) is 9.71. The number of hydrogen-bond donors (Lipinski definition) is 1. The van der Waals surface area contributed by atoms with E-state index in [4.69, 9.17) is 16.7 Å². The molecule has 2 atom stereocenters. The zero-order chi connectivity index (χ0) is 15.8. The van der Waals surface area contributed by atoms with Gasteiger partial charge in [0.15, 0.2) is 9.84 Å². The Kier molecular flexibility index (Phi) is 4.63. The third-order valence-corrected chi connectivity index (χ3v) is 6.71. The maximum absolute atomic E-state index is 12.8. The molecule has 1 N–H and O–H groups in total. The second kappa shape index (κ2) is 5.97. The molecule has 6 heteroatoms. The summed E-state index contributed by atoms with van der Waals surface area (Å²) in [5.74, 6) is -0.474. The maximum atomic E-state index is 12.8. The number of rotatable bonds is 3. The van der Waals surface area contributed by atoms with E-state index in [-0.39, 0.29) is 15.5 Å². The Labute approximate surface area is 130 Å². The van der Waals surface area contributed by atoms with Gasteiger partial charge < -0.3 is 5.11 Å². The molecule has 0 heterocycles. The molecule has 1 saturated carbocycles. The molecule has 0 saturated heterocycles. The summed E-state index contributed by atoms with van der Waals surface area (Å²) < 4.78 is 25.6. The largest absolute Gasteiger partial charge is 0.478 e. The zero-order valence-corrected chi connectivity index (χ0v) is 13.6. The van der Waals surface area contributed by atoms with Crippen molar-refractivity contribution in [1.82, 2.24) is 0 Å². The SMILES string of the molecule is CC1CC(C)CC(S(=O)(=O)c2cc(C(=O)O)ccc2Cl)C1. The fourth-order valence-corrected chi connectivity index (χ4v) is 5.75. The van der Waals surface area contributed by atoms with Gasteiger partial charge in [-0.25, -0.2) is 13.2 Å². The second-order valence-corrected chi connectivity index (χ2v) is 8.64. The van der Waals surface area contributed by atoms with Gasteiger partial charge in [-0.15, -0.1) is 0 Å². The Hall–Kier alpha value is -1.07. The predicted octanol–water partition coefficient (Wildman–Crippen LogP) is 3.64. The van der Waals surface area contributed by atoms with Crippen LogP contribution in [0, 0.1) is 11.8 Å². The number of carboxylic acid groups (broad SMARTS) is 1. The van der Waals surface area contributed by atoms with Crippen LogP contribution in [-0.2, 0) is 9.84 Å². The molecule has 1 aromatic rings. The molecule has 2 rings (SSSR count). The molecule has 1 fully saturated rings. The fourth-order valence-electron chi connectivity index (χ4n) is 3.16. The van der Waals surface area contributed by atoms with Crippen molar-refractivity contribution in [3.63, 3.8) is 0 Å². The lowest BCUT2D eigenvalue weighted by Crippen LogP contribution is -2.31. The van der Waals surface area contributed by atoms with Gasteiger partial charge in [-0.1, -0.05) is 25.4 Å². The summed E-state index contributed by atoms with van der Waals surface area (Å²) in [5, 5.41) is 8.62. The van der Waals surface area contributed by atoms with Crippen LogP contribution < -0.4 is 0 Å². The van der Waals surface area contributed by atoms with Gasteiger partial charge in [0.25, 0.3) is 0 Å². The summed E-state index contributed by atoms with van der Waals surface area (Å²) in [5.41, 5.74) is -0.0603. The van der Waals surface area contributed by atoms with E-state index in [1.807, 2.05) is 13.8 Å². The fraction of sp³-hybridized carbons (Fsp3) is 0.533. The van der Waals surface area contributed by atoms with Gasteiger partial charge in [-0.2, -0.15) is 0 Å². The molecular formula is C15H19ClO4S. The number of carboxylic acids is 1. The van der Waals surface area contributed by atoms with E-state index < -0.39 is 21.1 Å². The van der Waals surface area contributed by atoms with Gasteiger partial charge in [0, 0.05) is 0 Å². The van der Waals surface area contributed by atoms with Crippen LogP contribution in [0.4, 0.5) is 0 Å². The summed E-state index contributed by atoms with van der Waals surface area (Å²) >= 11 is 6.01. The summed E-state index contributed by atoms with van der Waals surface area (Å²) in [6, 6.07) is 3.83. The van der Waals surface area contributed by atoms with Crippen molar-refractivity contribution in [3.05, 3.63) is 28.8 Å². The minimum atomic E-state index is -3.61. The van der Waals surface area contributed by atoms with Crippen molar-refractivity contribution >= 4 is 27.4 Å². The van der Waals surface area contributed by atoms with E-state index in [0.717, 1.165) is 6.42 Å². The maximum Gasteiger partial charge on any atom is 0.335 e. The molecule has 1 aromatic carbocycles. The van der Waals surface area contributed by atoms with Crippen molar-refractivity contribution in [3.8, 4) is 0 Å². The Balaban J connectivity index is 2.44. The Morgan fingerprint density at radius 3 is 2.29 bits per heavy atom. The lowest BCUT2D eigenvalue weighted by atomic mass is 9.83. The van der Waals surface area contributed by atoms with Crippen molar-refractivity contribution in [2.45, 2.75) is 43.3 Å². The molecule has 116 valence electrons. The first kappa shape index (κ1) is 16.3. The molecule has 0 aromatic heterocycles. The van der Waals surface area contributed by atoms with E-state index in [2.05, 4.69) is 0 Å². The lowest BCUT2D eigenvalue weighted by molar-refractivity contribution is 0.0696. The van der Waals surface area contributed by atoms with E-state index in [0.29, 0.717) is 24.7 Å². The minimum absolute atomic E-state index is 0.0598. The van der Waals surface area contributed by atoms with Gasteiger partial charge in [0.1, 0.15) is 0 Å². The predicted molar refractivity (Wildman–Crippen MR) is 81.6 cm³/mol. The monoisotopic (exact) mass is 330 g/mol. The van der Waals surface area contributed by atoms with Crippen LogP contribution in [0.15, 0.2) is 23.1 Å². The van der Waals surface area contributed by atoms with Crippen molar-refractivity contribution in [1.29, 1.82) is 0 Å². The molecule has 21 heavy (non-hydrogen) atoms. The molecule has 0 amide bonds. The van der Waals surface area contributed by atoms with E-state index in [1.54, 1.807) is 0 Å². The van der Waals surface area contributed by atoms with Crippen molar-refractivity contribution in [2.75, 3.05) is 0 Å². The van der Waals surface area contributed by atoms with Gasteiger partial charge in [0.05, 0.1) is 20.7 Å². The number of aromatic carboxylic acids is 1. The first-order valence-corrected chi connectivity index (χ1v) is 8.91. The number of benzene rings is 1. The second-order valence-electron chi connectivity index (χ2n) is 6.03. The molecular weight excluding hydrogens is 312 g/mol. The summed E-state index contributed by atoms with van der Waals surface area (Å²) in [6.45, 7) is 4.10. The van der Waals surface area contributed by atoms with Gasteiger partial charge in [-0.3, -0.25) is 0 Å². The van der Waals surface area contributed by atoms with Gasteiger partial charge in [0.2, 0.25) is 0 Å². The topological polar surface area (TPSA) is 71.4 Å². The normalized spacial score (nSPS) is 26.5. The van der Waals surface area contributed by atoms with Crippen LogP contribution >= 0.6 is 11.6 Å². The Bertz CT molecular complexity index is 644. The minimum Gasteiger partial charge on any atom is -0.478 e. The van der Waals surface area contributed by atoms with Crippen LogP contribution in [0.3, 0.4) is 0 Å². The molecule has 4 nitrogen and oxygen atoms in total. The zero-order valence-electron chi connectivity index (χ0n) is 12.0. The average Bonchev–Trinajstić information content (AvgIpc) is 2.37. The van der Waals surface area contributed by atoms with Crippen LogP contribution in [0.25, 0.3) is 0 Å². The quantitative estimate of drug-likeness (QED) is 0.918. The van der Waals surface area contributed by atoms with E-state index in [9.17, 15) is 13.2 Å². The average molecular weight is 331 g/mol. The van der Waals surface area contributed by atoms with Crippen LogP contribution in [0.2, 0.25) is 5.02 Å². The molecule has 1 aliphatic rings. The number of halogens is 1. The molecule has 1 aliphatic carbocycles. The lowest BCUT2D eigenvalue weighted by Gasteiger charge is -2.31. The smallest absolute Gasteiger partial charge is 0.335 e. The van der Waals surface area contributed by atoms with Crippen LogP contribution in [0.1, 0.15) is 43.5 Å². The van der Waals surface area contributed by atoms with E-state index >= 15 is 0 Å². The number of carbonyl (C=O) groups is 1. The highest BCUT2D eigenvalue weighted by Crippen LogP contribution is 2.37. The number of sulfone groups is 1. The Morgan fingerprint density at radius 2 is 1.76 bits per heavy atom. The van der Waals surface area contributed by atoms with Crippen molar-refractivity contribution < 1.29 is 18.3 Å². The number of hydrogen-bond acceptors (Lipinski definition) is 3. The van der Waals surface area contributed by atoms with Gasteiger partial charge in [-0.05, 0) is 49.3 Å². The highest BCUT2D eigenvalue weighted by Gasteiger charge is 2.35. The van der Waals surface area contributed by atoms with Crippen LogP contribution in [-0.4, -0.2) is 24.7 Å². The molecule has 2 unspecified atom stereocenters. The summed E-state index contributed by atoms with van der Waals surface area (Å²) in [7, 11) is -3.61. The first-order valence-electron chi connectivity index (χ1n) is 6.98. The summed E-state index contributed by atoms with van der Waals surface area (Å²) in [4.78, 5) is 11.0. The Morgan fingerprint density at radius 1 is 1.19 bits per heavy atom. The van der Waals surface area contributed by atoms with Crippen LogP contribution in [0.5, 0.6) is 0 Å². The highest BCUT2D eigenvalue weighted by atomic mass is 35.5. The molecule has 0 aliphatic heterocycles. The third kappa shape index (κ3) is 3.40. The van der Waals surface area contributed by atoms with Gasteiger partial charge >= 0.3 is 5.97 Å². The molecule has 0 bridgehead atoms. The summed E-state index contributed by atoms with van der Waals surface area (Å²) in [6.07, 6.45) is 2.22. The molecule has 0 radical (unpaired) electrons.